The quantitative estimate of drug-likeness (QED) is 0.588. The maximum Gasteiger partial charge on any atom is 0.160 e. The Hall–Kier alpha value is -2.28. The van der Waals surface area contributed by atoms with Gasteiger partial charge in [0.1, 0.15) is 5.75 Å². The number of nitrogens with one attached hydrogen (secondary N) is 3. The topological polar surface area (TPSA) is 63.8 Å². The average Bonchev–Trinajstić information content (AvgIpc) is 3.19. The van der Waals surface area contributed by atoms with Crippen LogP contribution in [-0.4, -0.2) is 41.0 Å². The first-order chi connectivity index (χ1) is 13.2. The van der Waals surface area contributed by atoms with Crippen molar-refractivity contribution in [3.05, 3.63) is 53.6 Å². The molecule has 2 atom stereocenters. The van der Waals surface area contributed by atoms with Crippen LogP contribution in [0.2, 0.25) is 0 Å². The third-order valence-electron chi connectivity index (χ3n) is 5.01. The molecular formula is C21H29N3O3. The van der Waals surface area contributed by atoms with Gasteiger partial charge in [0.25, 0.3) is 0 Å². The third kappa shape index (κ3) is 4.91. The van der Waals surface area contributed by atoms with Crippen LogP contribution in [0.5, 0.6) is 17.2 Å². The molecule has 2 aromatic rings. The van der Waals surface area contributed by atoms with E-state index in [2.05, 4.69) is 34.4 Å². The number of hydrazine groups is 1. The molecule has 1 aliphatic rings. The molecule has 1 aliphatic heterocycles. The van der Waals surface area contributed by atoms with E-state index in [0.29, 0.717) is 12.0 Å². The Morgan fingerprint density at radius 3 is 2.44 bits per heavy atom. The Morgan fingerprint density at radius 1 is 0.963 bits per heavy atom. The minimum Gasteiger partial charge on any atom is -0.497 e. The fourth-order valence-electron chi connectivity index (χ4n) is 3.45. The van der Waals surface area contributed by atoms with Crippen molar-refractivity contribution in [2.24, 2.45) is 5.92 Å². The van der Waals surface area contributed by atoms with Crippen LogP contribution in [0.4, 0.5) is 0 Å². The van der Waals surface area contributed by atoms with E-state index < -0.39 is 0 Å². The zero-order valence-electron chi connectivity index (χ0n) is 16.2. The molecule has 2 unspecified atom stereocenters. The highest BCUT2D eigenvalue weighted by Crippen LogP contribution is 2.28. The molecule has 0 spiro atoms. The van der Waals surface area contributed by atoms with Gasteiger partial charge in [0.15, 0.2) is 11.5 Å². The second-order valence-electron chi connectivity index (χ2n) is 6.68. The molecule has 1 fully saturated rings. The van der Waals surface area contributed by atoms with E-state index in [-0.39, 0.29) is 0 Å². The highest BCUT2D eigenvalue weighted by molar-refractivity contribution is 5.43. The summed E-state index contributed by atoms with van der Waals surface area (Å²) in [6.07, 6.45) is 0.946. The average molecular weight is 371 g/mol. The van der Waals surface area contributed by atoms with Gasteiger partial charge in [-0.1, -0.05) is 18.2 Å². The van der Waals surface area contributed by atoms with Crippen LogP contribution in [0.25, 0.3) is 0 Å². The van der Waals surface area contributed by atoms with Crippen molar-refractivity contribution < 1.29 is 14.2 Å². The number of rotatable bonds is 9. The van der Waals surface area contributed by atoms with Gasteiger partial charge in [0.2, 0.25) is 0 Å². The molecule has 6 nitrogen and oxygen atoms in total. The van der Waals surface area contributed by atoms with Crippen LogP contribution in [0.1, 0.15) is 17.2 Å². The summed E-state index contributed by atoms with van der Waals surface area (Å²) in [5.41, 5.74) is 9.17. The molecule has 0 saturated carbocycles. The first-order valence-corrected chi connectivity index (χ1v) is 9.29. The van der Waals surface area contributed by atoms with E-state index in [1.165, 1.54) is 11.1 Å². The molecule has 1 saturated heterocycles. The van der Waals surface area contributed by atoms with Crippen LogP contribution < -0.4 is 30.4 Å². The molecule has 0 amide bonds. The first-order valence-electron chi connectivity index (χ1n) is 9.29. The molecule has 0 aromatic heterocycles. The van der Waals surface area contributed by atoms with Crippen molar-refractivity contribution in [1.82, 2.24) is 16.2 Å². The van der Waals surface area contributed by atoms with E-state index in [1.807, 2.05) is 24.3 Å². The maximum absolute atomic E-state index is 5.37. The van der Waals surface area contributed by atoms with Crippen molar-refractivity contribution in [1.29, 1.82) is 0 Å². The van der Waals surface area contributed by atoms with Crippen molar-refractivity contribution in [2.75, 3.05) is 41.0 Å². The van der Waals surface area contributed by atoms with Crippen LogP contribution in [0.15, 0.2) is 42.5 Å². The van der Waals surface area contributed by atoms with Gasteiger partial charge in [-0.05, 0) is 48.4 Å². The van der Waals surface area contributed by atoms with Gasteiger partial charge >= 0.3 is 0 Å². The molecule has 2 aromatic carbocycles. The molecular weight excluding hydrogens is 342 g/mol. The maximum atomic E-state index is 5.37. The molecule has 146 valence electrons. The summed E-state index contributed by atoms with van der Waals surface area (Å²) in [6, 6.07) is 14.7. The number of ether oxygens (including phenoxy) is 3. The Kier molecular flexibility index (Phi) is 6.92. The van der Waals surface area contributed by atoms with Crippen molar-refractivity contribution in [2.45, 2.75) is 12.5 Å². The fourth-order valence-corrected chi connectivity index (χ4v) is 3.45. The van der Waals surface area contributed by atoms with Crippen LogP contribution in [0, 0.1) is 5.92 Å². The largest absolute Gasteiger partial charge is 0.497 e. The standard InChI is InChI=1S/C21H29N3O3/c1-25-18-7-5-16(6-8-18)21-17(14-23-24-21)13-22-11-10-15-4-9-19(26-2)20(12-15)27-3/h4-9,12,17,21-24H,10-11,13-14H2,1-3H3. The van der Waals surface area contributed by atoms with E-state index in [0.717, 1.165) is 43.3 Å². The minimum absolute atomic E-state index is 0.296. The number of hydrogen-bond donors (Lipinski definition) is 3. The van der Waals surface area contributed by atoms with Crippen molar-refractivity contribution in [3.8, 4) is 17.2 Å². The van der Waals surface area contributed by atoms with Gasteiger partial charge in [-0.25, -0.2) is 5.43 Å². The lowest BCUT2D eigenvalue weighted by Crippen LogP contribution is -2.30. The van der Waals surface area contributed by atoms with Crippen LogP contribution in [-0.2, 0) is 6.42 Å². The molecule has 6 heteroatoms. The van der Waals surface area contributed by atoms with Gasteiger partial charge < -0.3 is 19.5 Å². The lowest BCUT2D eigenvalue weighted by atomic mass is 9.95. The molecule has 3 rings (SSSR count). The van der Waals surface area contributed by atoms with E-state index in [4.69, 9.17) is 14.2 Å². The molecule has 3 N–H and O–H groups in total. The lowest BCUT2D eigenvalue weighted by molar-refractivity contribution is 0.354. The third-order valence-corrected chi connectivity index (χ3v) is 5.01. The minimum atomic E-state index is 0.296. The summed E-state index contributed by atoms with van der Waals surface area (Å²) in [5.74, 6) is 2.91. The van der Waals surface area contributed by atoms with Crippen molar-refractivity contribution >= 4 is 0 Å². The van der Waals surface area contributed by atoms with Crippen LogP contribution in [0.3, 0.4) is 0 Å². The summed E-state index contributed by atoms with van der Waals surface area (Å²) in [7, 11) is 5.01. The molecule has 27 heavy (non-hydrogen) atoms. The second-order valence-corrected chi connectivity index (χ2v) is 6.68. The Morgan fingerprint density at radius 2 is 1.74 bits per heavy atom. The lowest BCUT2D eigenvalue weighted by Gasteiger charge is -2.19. The van der Waals surface area contributed by atoms with Gasteiger partial charge in [-0.2, -0.15) is 0 Å². The Balaban J connectivity index is 1.49. The van der Waals surface area contributed by atoms with Crippen molar-refractivity contribution in [3.63, 3.8) is 0 Å². The summed E-state index contributed by atoms with van der Waals surface area (Å²) in [6.45, 7) is 2.81. The van der Waals surface area contributed by atoms with Gasteiger partial charge in [0.05, 0.1) is 27.4 Å². The first kappa shape index (κ1) is 19.5. The predicted octanol–water partition coefficient (Wildman–Crippen LogP) is 2.31. The summed E-state index contributed by atoms with van der Waals surface area (Å²) in [5, 5.41) is 3.59. The SMILES string of the molecule is COc1ccc(C2NNCC2CNCCc2ccc(OC)c(OC)c2)cc1. The van der Waals surface area contributed by atoms with Gasteiger partial charge in [0, 0.05) is 19.0 Å². The van der Waals surface area contributed by atoms with Gasteiger partial charge in [-0.15, -0.1) is 0 Å². The Labute approximate surface area is 161 Å². The summed E-state index contributed by atoms with van der Waals surface area (Å²) in [4.78, 5) is 0. The molecule has 0 radical (unpaired) electrons. The smallest absolute Gasteiger partial charge is 0.160 e. The summed E-state index contributed by atoms with van der Waals surface area (Å²) < 4.78 is 15.9. The van der Waals surface area contributed by atoms with E-state index >= 15 is 0 Å². The van der Waals surface area contributed by atoms with Gasteiger partial charge in [-0.3, -0.25) is 5.43 Å². The number of benzene rings is 2. The zero-order chi connectivity index (χ0) is 19.1. The number of methoxy groups -OCH3 is 3. The highest BCUT2D eigenvalue weighted by Gasteiger charge is 2.27. The summed E-state index contributed by atoms with van der Waals surface area (Å²) >= 11 is 0. The normalized spacial score (nSPS) is 19.1. The molecule has 0 bridgehead atoms. The van der Waals surface area contributed by atoms with E-state index in [9.17, 15) is 0 Å². The monoisotopic (exact) mass is 371 g/mol. The number of hydrogen-bond acceptors (Lipinski definition) is 6. The van der Waals surface area contributed by atoms with Crippen LogP contribution >= 0.6 is 0 Å². The highest BCUT2D eigenvalue weighted by atomic mass is 16.5. The second kappa shape index (κ2) is 9.60. The van der Waals surface area contributed by atoms with E-state index in [1.54, 1.807) is 21.3 Å². The predicted molar refractivity (Wildman–Crippen MR) is 106 cm³/mol. The molecule has 0 aliphatic carbocycles. The molecule has 1 heterocycles. The zero-order valence-corrected chi connectivity index (χ0v) is 16.2. The fraction of sp³-hybridized carbons (Fsp3) is 0.429. The Bertz CT molecular complexity index is 721.